The summed E-state index contributed by atoms with van der Waals surface area (Å²) < 4.78 is 0. The number of thiazole rings is 1. The summed E-state index contributed by atoms with van der Waals surface area (Å²) in [6.07, 6.45) is 5.44. The second-order valence-electron chi connectivity index (χ2n) is 5.26. The van der Waals surface area contributed by atoms with Gasteiger partial charge in [-0.25, -0.2) is 4.98 Å². The second-order valence-corrected chi connectivity index (χ2v) is 6.10. The highest BCUT2D eigenvalue weighted by molar-refractivity contribution is 7.14. The number of likely N-dealkylation sites (N-methyl/N-ethyl adjacent to an activating group) is 1. The van der Waals surface area contributed by atoms with Crippen LogP contribution in [0.25, 0.3) is 0 Å². The summed E-state index contributed by atoms with van der Waals surface area (Å²) in [7, 11) is 1.71. The van der Waals surface area contributed by atoms with E-state index in [9.17, 15) is 9.59 Å². The van der Waals surface area contributed by atoms with Crippen LogP contribution in [-0.2, 0) is 16.1 Å². The van der Waals surface area contributed by atoms with Crippen molar-refractivity contribution in [2.75, 3.05) is 11.9 Å². The number of amides is 2. The molecule has 0 spiro atoms. The number of rotatable bonds is 7. The van der Waals surface area contributed by atoms with Crippen molar-refractivity contribution in [3.8, 4) is 0 Å². The standard InChI is InChI=1S/C17H25N3O2S/c1-6-8-12(3)15(21)18-10-14-11-23-17(19-14)20(5)16(22)13(4)9-7-2/h8-9,11H,6-7,10H2,1-5H3,(H,18,21)/b12-8-,13-9+. The molecule has 2 amide bonds. The Morgan fingerprint density at radius 2 is 1.83 bits per heavy atom. The normalized spacial score (nSPS) is 12.2. The van der Waals surface area contributed by atoms with Gasteiger partial charge in [-0.05, 0) is 26.7 Å². The van der Waals surface area contributed by atoms with Gasteiger partial charge in [0, 0.05) is 23.6 Å². The van der Waals surface area contributed by atoms with E-state index in [0.29, 0.717) is 22.8 Å². The van der Waals surface area contributed by atoms with E-state index in [0.717, 1.165) is 18.5 Å². The van der Waals surface area contributed by atoms with Gasteiger partial charge in [-0.1, -0.05) is 26.0 Å². The summed E-state index contributed by atoms with van der Waals surface area (Å²) in [5.41, 5.74) is 2.16. The van der Waals surface area contributed by atoms with Crippen LogP contribution in [0.15, 0.2) is 28.7 Å². The lowest BCUT2D eigenvalue weighted by Gasteiger charge is -2.13. The van der Waals surface area contributed by atoms with Gasteiger partial charge in [0.15, 0.2) is 5.13 Å². The third-order valence-electron chi connectivity index (χ3n) is 3.28. The predicted octanol–water partition coefficient (Wildman–Crippen LogP) is 3.43. The summed E-state index contributed by atoms with van der Waals surface area (Å²) in [5.74, 6) is -0.147. The summed E-state index contributed by atoms with van der Waals surface area (Å²) in [4.78, 5) is 30.0. The van der Waals surface area contributed by atoms with Crippen molar-refractivity contribution in [3.63, 3.8) is 0 Å². The Labute approximate surface area is 142 Å². The van der Waals surface area contributed by atoms with Crippen LogP contribution in [0.3, 0.4) is 0 Å². The van der Waals surface area contributed by atoms with Gasteiger partial charge < -0.3 is 5.32 Å². The minimum atomic E-state index is -0.0902. The number of aromatic nitrogens is 1. The first kappa shape index (κ1) is 19.1. The molecule has 0 aromatic carbocycles. The molecule has 0 bridgehead atoms. The number of anilines is 1. The average Bonchev–Trinajstić information content (AvgIpc) is 3.00. The van der Waals surface area contributed by atoms with Gasteiger partial charge in [-0.2, -0.15) is 0 Å². The minimum Gasteiger partial charge on any atom is -0.347 e. The molecule has 6 heteroatoms. The van der Waals surface area contributed by atoms with Crippen molar-refractivity contribution in [3.05, 3.63) is 34.4 Å². The number of nitrogens with one attached hydrogen (secondary N) is 1. The smallest absolute Gasteiger partial charge is 0.255 e. The Balaban J connectivity index is 2.68. The van der Waals surface area contributed by atoms with Crippen LogP contribution < -0.4 is 10.2 Å². The summed E-state index contributed by atoms with van der Waals surface area (Å²) in [5, 5.41) is 5.32. The molecule has 0 saturated carbocycles. The molecule has 0 unspecified atom stereocenters. The van der Waals surface area contributed by atoms with Gasteiger partial charge in [0.25, 0.3) is 5.91 Å². The van der Waals surface area contributed by atoms with Gasteiger partial charge >= 0.3 is 0 Å². The molecule has 5 nitrogen and oxygen atoms in total. The number of nitrogens with zero attached hydrogens (tertiary/aromatic N) is 2. The lowest BCUT2D eigenvalue weighted by Crippen LogP contribution is -2.27. The quantitative estimate of drug-likeness (QED) is 0.777. The molecular formula is C17H25N3O2S. The van der Waals surface area contributed by atoms with Crippen LogP contribution in [0, 0.1) is 0 Å². The zero-order valence-corrected chi connectivity index (χ0v) is 15.3. The van der Waals surface area contributed by atoms with Crippen LogP contribution in [0.4, 0.5) is 5.13 Å². The fraction of sp³-hybridized carbons (Fsp3) is 0.471. The average molecular weight is 335 g/mol. The fourth-order valence-electron chi connectivity index (χ4n) is 1.99. The van der Waals surface area contributed by atoms with Crippen LogP contribution in [0.1, 0.15) is 46.2 Å². The molecule has 0 aliphatic heterocycles. The van der Waals surface area contributed by atoms with E-state index in [4.69, 9.17) is 0 Å². The number of carbonyl (C=O) groups excluding carboxylic acids is 2. The fourth-order valence-corrected chi connectivity index (χ4v) is 2.77. The lowest BCUT2D eigenvalue weighted by atomic mass is 10.2. The van der Waals surface area contributed by atoms with Crippen molar-refractivity contribution >= 4 is 28.3 Å². The van der Waals surface area contributed by atoms with Crippen LogP contribution in [0.5, 0.6) is 0 Å². The number of hydrogen-bond donors (Lipinski definition) is 1. The lowest BCUT2D eigenvalue weighted by molar-refractivity contribution is -0.117. The van der Waals surface area contributed by atoms with Crippen molar-refractivity contribution < 1.29 is 9.59 Å². The molecule has 0 radical (unpaired) electrons. The zero-order chi connectivity index (χ0) is 17.4. The van der Waals surface area contributed by atoms with Gasteiger partial charge in [0.05, 0.1) is 12.2 Å². The van der Waals surface area contributed by atoms with Crippen molar-refractivity contribution in [2.45, 2.75) is 47.1 Å². The Hall–Kier alpha value is -1.95. The van der Waals surface area contributed by atoms with Crippen molar-refractivity contribution in [2.24, 2.45) is 0 Å². The first-order valence-electron chi connectivity index (χ1n) is 7.74. The maximum absolute atomic E-state index is 12.2. The van der Waals surface area contributed by atoms with E-state index in [-0.39, 0.29) is 11.8 Å². The molecule has 0 atom stereocenters. The number of allylic oxidation sites excluding steroid dienone is 2. The number of carbonyl (C=O) groups is 2. The Bertz CT molecular complexity index is 617. The highest BCUT2D eigenvalue weighted by atomic mass is 32.1. The van der Waals surface area contributed by atoms with Crippen LogP contribution in [0.2, 0.25) is 0 Å². The predicted molar refractivity (Wildman–Crippen MR) is 95.5 cm³/mol. The van der Waals surface area contributed by atoms with Gasteiger partial charge in [0.2, 0.25) is 5.91 Å². The summed E-state index contributed by atoms with van der Waals surface area (Å²) >= 11 is 1.39. The highest BCUT2D eigenvalue weighted by Crippen LogP contribution is 2.21. The third-order valence-corrected chi connectivity index (χ3v) is 4.24. The largest absolute Gasteiger partial charge is 0.347 e. The molecule has 0 saturated heterocycles. The van der Waals surface area contributed by atoms with E-state index in [1.54, 1.807) is 25.8 Å². The maximum Gasteiger partial charge on any atom is 0.255 e. The van der Waals surface area contributed by atoms with E-state index in [1.165, 1.54) is 11.3 Å². The van der Waals surface area contributed by atoms with E-state index >= 15 is 0 Å². The third kappa shape index (κ3) is 5.63. The van der Waals surface area contributed by atoms with E-state index in [1.807, 2.05) is 31.4 Å². The van der Waals surface area contributed by atoms with Crippen LogP contribution in [-0.4, -0.2) is 23.8 Å². The second kappa shape index (κ2) is 9.25. The van der Waals surface area contributed by atoms with E-state index in [2.05, 4.69) is 10.3 Å². The summed E-state index contributed by atoms with van der Waals surface area (Å²) in [6.45, 7) is 7.94. The molecule has 126 valence electrons. The molecule has 1 heterocycles. The molecule has 23 heavy (non-hydrogen) atoms. The first-order valence-corrected chi connectivity index (χ1v) is 8.62. The van der Waals surface area contributed by atoms with Crippen molar-refractivity contribution in [1.29, 1.82) is 0 Å². The minimum absolute atomic E-state index is 0.0569. The van der Waals surface area contributed by atoms with Crippen LogP contribution >= 0.6 is 11.3 Å². The highest BCUT2D eigenvalue weighted by Gasteiger charge is 2.16. The molecule has 0 aliphatic rings. The van der Waals surface area contributed by atoms with Crippen molar-refractivity contribution in [1.82, 2.24) is 10.3 Å². The molecule has 1 rings (SSSR count). The molecule has 1 aromatic rings. The molecule has 0 aliphatic carbocycles. The Kier molecular flexibility index (Phi) is 7.68. The summed E-state index contributed by atoms with van der Waals surface area (Å²) in [6, 6.07) is 0. The molecule has 1 aromatic heterocycles. The Morgan fingerprint density at radius 3 is 2.43 bits per heavy atom. The topological polar surface area (TPSA) is 62.3 Å². The monoisotopic (exact) mass is 335 g/mol. The SMILES string of the molecule is CC/C=C(/C)C(=O)NCc1csc(N(C)C(=O)/C(C)=C/CC)n1. The van der Waals surface area contributed by atoms with Gasteiger partial charge in [-0.15, -0.1) is 11.3 Å². The Morgan fingerprint density at radius 1 is 1.22 bits per heavy atom. The molecule has 1 N–H and O–H groups in total. The first-order chi connectivity index (χ1) is 10.9. The maximum atomic E-state index is 12.2. The zero-order valence-electron chi connectivity index (χ0n) is 14.5. The van der Waals surface area contributed by atoms with E-state index < -0.39 is 0 Å². The number of hydrogen-bond acceptors (Lipinski definition) is 4. The molecule has 0 fully saturated rings. The molecular weight excluding hydrogens is 310 g/mol. The van der Waals surface area contributed by atoms with Gasteiger partial charge in [0.1, 0.15) is 0 Å². The van der Waals surface area contributed by atoms with Gasteiger partial charge in [-0.3, -0.25) is 14.5 Å².